The third-order valence-corrected chi connectivity index (χ3v) is 1.24. The Morgan fingerprint density at radius 1 is 1.43 bits per heavy atom. The summed E-state index contributed by atoms with van der Waals surface area (Å²) < 4.78 is 0. The number of carboxylic acids is 1. The standard InChI is InChI=1S/C8H8N2O3.Na/c11-7(5-8(12)13)10-6-3-1-2-4-9-6;/h1-4H,5H2,(H,12,13)(H,9,10,11);/q;+1/p-1. The van der Waals surface area contributed by atoms with Gasteiger partial charge in [0.05, 0.1) is 12.4 Å². The number of carbonyl (C=O) groups excluding carboxylic acids is 2. The zero-order valence-electron chi connectivity index (χ0n) is 7.69. The largest absolute Gasteiger partial charge is 1.00 e. The maximum Gasteiger partial charge on any atom is 1.00 e. The Hall–Kier alpha value is -0.910. The Morgan fingerprint density at radius 2 is 2.14 bits per heavy atom. The average Bonchev–Trinajstić information content (AvgIpc) is 2.04. The van der Waals surface area contributed by atoms with E-state index in [4.69, 9.17) is 0 Å². The van der Waals surface area contributed by atoms with Crippen LogP contribution in [0.2, 0.25) is 0 Å². The van der Waals surface area contributed by atoms with E-state index in [1.807, 2.05) is 0 Å². The Kier molecular flexibility index (Phi) is 6.11. The second kappa shape index (κ2) is 6.53. The molecule has 68 valence electrons. The van der Waals surface area contributed by atoms with Crippen molar-refractivity contribution in [3.63, 3.8) is 0 Å². The van der Waals surface area contributed by atoms with Crippen molar-refractivity contribution < 1.29 is 44.3 Å². The molecule has 0 spiro atoms. The Bertz CT molecular complexity index is 316. The minimum absolute atomic E-state index is 0. The predicted molar refractivity (Wildman–Crippen MR) is 42.5 cm³/mol. The molecule has 0 saturated heterocycles. The first-order chi connectivity index (χ1) is 6.18. The molecule has 1 N–H and O–H groups in total. The van der Waals surface area contributed by atoms with Crippen LogP contribution in [0.1, 0.15) is 6.42 Å². The van der Waals surface area contributed by atoms with E-state index in [2.05, 4.69) is 10.3 Å². The molecule has 0 saturated carbocycles. The fourth-order valence-corrected chi connectivity index (χ4v) is 0.755. The number of nitrogens with zero attached hydrogens (tertiary/aromatic N) is 1. The third kappa shape index (κ3) is 4.96. The van der Waals surface area contributed by atoms with Crippen LogP contribution < -0.4 is 40.0 Å². The number of nitrogens with one attached hydrogen (secondary N) is 1. The predicted octanol–water partition coefficient (Wildman–Crippen LogP) is -3.84. The monoisotopic (exact) mass is 202 g/mol. The number of carboxylic acid groups (broad SMARTS) is 1. The summed E-state index contributed by atoms with van der Waals surface area (Å²) in [6, 6.07) is 4.93. The summed E-state index contributed by atoms with van der Waals surface area (Å²) in [5, 5.41) is 12.3. The zero-order chi connectivity index (χ0) is 9.68. The van der Waals surface area contributed by atoms with Crippen LogP contribution in [0, 0.1) is 0 Å². The summed E-state index contributed by atoms with van der Waals surface area (Å²) in [6.07, 6.45) is 0.838. The number of carbonyl (C=O) groups is 2. The third-order valence-electron chi connectivity index (χ3n) is 1.24. The molecule has 0 aliphatic heterocycles. The van der Waals surface area contributed by atoms with Crippen molar-refractivity contribution in [1.82, 2.24) is 4.98 Å². The number of aliphatic carboxylic acids is 1. The quantitative estimate of drug-likeness (QED) is 0.402. The maximum absolute atomic E-state index is 10.9. The van der Waals surface area contributed by atoms with Gasteiger partial charge in [0, 0.05) is 6.20 Å². The van der Waals surface area contributed by atoms with Gasteiger partial charge < -0.3 is 15.2 Å². The molecular weight excluding hydrogens is 195 g/mol. The Labute approximate surface area is 103 Å². The fourth-order valence-electron chi connectivity index (χ4n) is 0.755. The molecule has 1 heterocycles. The molecule has 0 fully saturated rings. The molecule has 0 atom stereocenters. The Morgan fingerprint density at radius 3 is 2.64 bits per heavy atom. The van der Waals surface area contributed by atoms with E-state index in [9.17, 15) is 14.7 Å². The summed E-state index contributed by atoms with van der Waals surface area (Å²) in [6.45, 7) is 0. The smallest absolute Gasteiger partial charge is 0.550 e. The van der Waals surface area contributed by atoms with Gasteiger partial charge in [-0.1, -0.05) is 6.07 Å². The summed E-state index contributed by atoms with van der Waals surface area (Å²) in [5.41, 5.74) is 0. The molecule has 0 bridgehead atoms. The minimum atomic E-state index is -1.41. The van der Waals surface area contributed by atoms with E-state index < -0.39 is 18.3 Å². The van der Waals surface area contributed by atoms with Gasteiger partial charge in [-0.2, -0.15) is 0 Å². The van der Waals surface area contributed by atoms with Crippen molar-refractivity contribution >= 4 is 17.7 Å². The first-order valence-electron chi connectivity index (χ1n) is 3.59. The van der Waals surface area contributed by atoms with E-state index in [0.29, 0.717) is 5.82 Å². The molecule has 1 aromatic rings. The van der Waals surface area contributed by atoms with Crippen LogP contribution in [0.3, 0.4) is 0 Å². The fraction of sp³-hybridized carbons (Fsp3) is 0.125. The van der Waals surface area contributed by atoms with Crippen LogP contribution in [-0.4, -0.2) is 16.9 Å². The summed E-state index contributed by atoms with van der Waals surface area (Å²) in [7, 11) is 0. The van der Waals surface area contributed by atoms with E-state index in [-0.39, 0.29) is 29.6 Å². The van der Waals surface area contributed by atoms with Gasteiger partial charge in [0.15, 0.2) is 0 Å². The van der Waals surface area contributed by atoms with Crippen molar-refractivity contribution in [3.8, 4) is 0 Å². The number of anilines is 1. The average molecular weight is 202 g/mol. The Balaban J connectivity index is 0.00000169. The van der Waals surface area contributed by atoms with Crippen LogP contribution in [0.15, 0.2) is 24.4 Å². The van der Waals surface area contributed by atoms with Gasteiger partial charge in [0.25, 0.3) is 0 Å². The first kappa shape index (κ1) is 13.1. The number of aromatic nitrogens is 1. The van der Waals surface area contributed by atoms with Gasteiger partial charge >= 0.3 is 29.6 Å². The number of amides is 1. The SMILES string of the molecule is O=C([O-])CC(=O)Nc1ccccn1.[Na+]. The van der Waals surface area contributed by atoms with Crippen molar-refractivity contribution in [3.05, 3.63) is 24.4 Å². The van der Waals surface area contributed by atoms with Gasteiger partial charge in [0.1, 0.15) is 5.82 Å². The topological polar surface area (TPSA) is 82.1 Å². The molecular formula is C8H7N2NaO3. The second-order valence-electron chi connectivity index (χ2n) is 2.31. The van der Waals surface area contributed by atoms with Crippen LogP contribution in [-0.2, 0) is 9.59 Å². The van der Waals surface area contributed by atoms with Crippen molar-refractivity contribution in [2.24, 2.45) is 0 Å². The van der Waals surface area contributed by atoms with Crippen LogP contribution >= 0.6 is 0 Å². The summed E-state index contributed by atoms with van der Waals surface area (Å²) in [4.78, 5) is 24.6. The van der Waals surface area contributed by atoms with Gasteiger partial charge in [-0.25, -0.2) is 4.98 Å². The van der Waals surface area contributed by atoms with Crippen molar-refractivity contribution in [2.75, 3.05) is 5.32 Å². The summed E-state index contributed by atoms with van der Waals surface area (Å²) >= 11 is 0. The molecule has 0 radical (unpaired) electrons. The molecule has 1 rings (SSSR count). The molecule has 14 heavy (non-hydrogen) atoms. The van der Waals surface area contributed by atoms with E-state index in [1.54, 1.807) is 18.2 Å². The van der Waals surface area contributed by atoms with Gasteiger partial charge in [-0.15, -0.1) is 0 Å². The molecule has 6 heteroatoms. The van der Waals surface area contributed by atoms with Crippen LogP contribution in [0.4, 0.5) is 5.82 Å². The minimum Gasteiger partial charge on any atom is -0.550 e. The van der Waals surface area contributed by atoms with Crippen molar-refractivity contribution in [2.45, 2.75) is 6.42 Å². The number of hydrogen-bond acceptors (Lipinski definition) is 4. The number of rotatable bonds is 3. The number of pyridine rings is 1. The van der Waals surface area contributed by atoms with E-state index >= 15 is 0 Å². The van der Waals surface area contributed by atoms with Crippen LogP contribution in [0.5, 0.6) is 0 Å². The first-order valence-corrected chi connectivity index (χ1v) is 3.59. The zero-order valence-corrected chi connectivity index (χ0v) is 9.69. The molecule has 0 aromatic carbocycles. The summed E-state index contributed by atoms with van der Waals surface area (Å²) in [5.74, 6) is -1.72. The number of hydrogen-bond donors (Lipinski definition) is 1. The second-order valence-corrected chi connectivity index (χ2v) is 2.31. The van der Waals surface area contributed by atoms with Gasteiger partial charge in [-0.05, 0) is 12.1 Å². The maximum atomic E-state index is 10.9. The van der Waals surface area contributed by atoms with Crippen LogP contribution in [0.25, 0.3) is 0 Å². The molecule has 5 nitrogen and oxygen atoms in total. The van der Waals surface area contributed by atoms with E-state index in [1.165, 1.54) is 6.20 Å². The van der Waals surface area contributed by atoms with Gasteiger partial charge in [-0.3, -0.25) is 4.79 Å². The molecule has 0 unspecified atom stereocenters. The molecule has 1 amide bonds. The van der Waals surface area contributed by atoms with Crippen molar-refractivity contribution in [1.29, 1.82) is 0 Å². The molecule has 1 aromatic heterocycles. The normalized spacial score (nSPS) is 8.57. The molecule has 0 aliphatic carbocycles. The van der Waals surface area contributed by atoms with Gasteiger partial charge in [0.2, 0.25) is 5.91 Å². The van der Waals surface area contributed by atoms with E-state index in [0.717, 1.165) is 0 Å². The molecule has 0 aliphatic rings.